The van der Waals surface area contributed by atoms with Gasteiger partial charge in [0.05, 0.1) is 23.2 Å². The zero-order chi connectivity index (χ0) is 14.4. The molecule has 1 aliphatic heterocycles. The topological polar surface area (TPSA) is 88.4 Å². The van der Waals surface area contributed by atoms with Crippen molar-refractivity contribution >= 4 is 27.1 Å². The van der Waals surface area contributed by atoms with Crippen LogP contribution in [-0.4, -0.2) is 46.9 Å². The van der Waals surface area contributed by atoms with E-state index in [0.29, 0.717) is 23.7 Å². The Morgan fingerprint density at radius 1 is 1.45 bits per heavy atom. The first-order valence-corrected chi connectivity index (χ1v) is 8.23. The Bertz CT molecular complexity index is 754. The third-order valence-corrected chi connectivity index (χ3v) is 5.46. The number of nitrogens with one attached hydrogen (secondary N) is 2. The molecule has 2 N–H and O–H groups in total. The first kappa shape index (κ1) is 13.2. The average Bonchev–Trinajstić information content (AvgIpc) is 2.93. The van der Waals surface area contributed by atoms with Gasteiger partial charge in [-0.25, -0.2) is 18.4 Å². The second-order valence-electron chi connectivity index (χ2n) is 5.41. The van der Waals surface area contributed by atoms with E-state index in [1.807, 2.05) is 23.7 Å². The normalized spacial score (nSPS) is 24.9. The van der Waals surface area contributed by atoms with Gasteiger partial charge >= 0.3 is 0 Å². The van der Waals surface area contributed by atoms with E-state index in [4.69, 9.17) is 0 Å². The third kappa shape index (κ3) is 2.31. The molecule has 2 aromatic rings. The highest BCUT2D eigenvalue weighted by Crippen LogP contribution is 2.28. The molecule has 0 bridgehead atoms. The molecule has 1 unspecified atom stereocenters. The summed E-state index contributed by atoms with van der Waals surface area (Å²) in [5, 5.41) is 6.25. The van der Waals surface area contributed by atoms with Crippen LogP contribution in [0.25, 0.3) is 5.65 Å². The molecule has 3 rings (SSSR count). The molecule has 0 spiro atoms. The average molecular weight is 295 g/mol. The van der Waals surface area contributed by atoms with Crippen LogP contribution in [-0.2, 0) is 9.84 Å². The molecule has 0 saturated carbocycles. The van der Waals surface area contributed by atoms with E-state index in [1.165, 1.54) is 0 Å². The summed E-state index contributed by atoms with van der Waals surface area (Å²) in [4.78, 5) is 8.71. The summed E-state index contributed by atoms with van der Waals surface area (Å²) >= 11 is 0. The molecular formula is C12H17N5O2S. The second-order valence-corrected chi connectivity index (χ2v) is 7.59. The van der Waals surface area contributed by atoms with E-state index < -0.39 is 15.4 Å². The summed E-state index contributed by atoms with van der Waals surface area (Å²) in [6.45, 7) is 1.91. The highest BCUT2D eigenvalue weighted by atomic mass is 32.2. The molecule has 1 saturated heterocycles. The van der Waals surface area contributed by atoms with E-state index in [-0.39, 0.29) is 11.5 Å². The number of aromatic nitrogens is 3. The lowest BCUT2D eigenvalue weighted by molar-refractivity contribution is 0.572. The molecule has 3 heterocycles. The number of hydrogen-bond acceptors (Lipinski definition) is 6. The van der Waals surface area contributed by atoms with Crippen molar-refractivity contribution in [3.63, 3.8) is 0 Å². The molecule has 0 radical (unpaired) electrons. The van der Waals surface area contributed by atoms with Gasteiger partial charge in [0.1, 0.15) is 5.82 Å². The molecular weight excluding hydrogens is 278 g/mol. The van der Waals surface area contributed by atoms with Crippen molar-refractivity contribution in [3.8, 4) is 0 Å². The molecule has 108 valence electrons. The van der Waals surface area contributed by atoms with Crippen molar-refractivity contribution in [3.05, 3.63) is 18.6 Å². The summed E-state index contributed by atoms with van der Waals surface area (Å²) in [6.07, 6.45) is 5.93. The predicted octanol–water partition coefficient (Wildman–Crippen LogP) is 0.760. The molecule has 1 fully saturated rings. The number of sulfone groups is 1. The largest absolute Gasteiger partial charge is 0.372 e. The van der Waals surface area contributed by atoms with Crippen molar-refractivity contribution < 1.29 is 8.42 Å². The first-order valence-electron chi connectivity index (χ1n) is 6.41. The minimum atomic E-state index is -2.96. The van der Waals surface area contributed by atoms with Gasteiger partial charge in [0.2, 0.25) is 0 Å². The quantitative estimate of drug-likeness (QED) is 0.869. The smallest absolute Gasteiger partial charge is 0.180 e. The fraction of sp³-hybridized carbons (Fsp3) is 0.500. The summed E-state index contributed by atoms with van der Waals surface area (Å²) in [7, 11) is -1.17. The number of anilines is 2. The maximum absolute atomic E-state index is 11.7. The monoisotopic (exact) mass is 295 g/mol. The molecule has 1 aliphatic rings. The van der Waals surface area contributed by atoms with Gasteiger partial charge in [0.25, 0.3) is 0 Å². The fourth-order valence-corrected chi connectivity index (χ4v) is 4.62. The van der Waals surface area contributed by atoms with E-state index in [0.717, 1.165) is 0 Å². The van der Waals surface area contributed by atoms with Crippen LogP contribution >= 0.6 is 0 Å². The van der Waals surface area contributed by atoms with E-state index >= 15 is 0 Å². The van der Waals surface area contributed by atoms with Crippen LogP contribution in [0.4, 0.5) is 11.6 Å². The highest BCUT2D eigenvalue weighted by Gasteiger charge is 2.39. The number of nitrogens with zero attached hydrogens (tertiary/aromatic N) is 3. The van der Waals surface area contributed by atoms with Crippen LogP contribution in [0.1, 0.15) is 13.3 Å². The van der Waals surface area contributed by atoms with Gasteiger partial charge in [-0.1, -0.05) is 0 Å². The zero-order valence-electron chi connectivity index (χ0n) is 11.4. The van der Waals surface area contributed by atoms with Crippen molar-refractivity contribution in [2.24, 2.45) is 0 Å². The van der Waals surface area contributed by atoms with Gasteiger partial charge in [-0.05, 0) is 13.3 Å². The van der Waals surface area contributed by atoms with Crippen molar-refractivity contribution in [1.82, 2.24) is 14.4 Å². The summed E-state index contributed by atoms with van der Waals surface area (Å²) < 4.78 is 25.2. The van der Waals surface area contributed by atoms with E-state index in [1.54, 1.807) is 13.2 Å². The SMILES string of the molecule is CNc1cn2ccnc2c(NC2(C)CCS(=O)(=O)C2)n1. The second kappa shape index (κ2) is 4.34. The van der Waals surface area contributed by atoms with Crippen LogP contribution in [0.15, 0.2) is 18.6 Å². The summed E-state index contributed by atoms with van der Waals surface area (Å²) in [5.41, 5.74) is 0.194. The van der Waals surface area contributed by atoms with Crippen LogP contribution in [0.5, 0.6) is 0 Å². The predicted molar refractivity (Wildman–Crippen MR) is 77.8 cm³/mol. The van der Waals surface area contributed by atoms with E-state index in [2.05, 4.69) is 20.6 Å². The highest BCUT2D eigenvalue weighted by molar-refractivity contribution is 7.91. The Balaban J connectivity index is 2.00. The van der Waals surface area contributed by atoms with Crippen LogP contribution in [0.3, 0.4) is 0 Å². The standard InChI is InChI=1S/C12H17N5O2S/c1-12(3-6-20(18,19)8-12)16-10-11-14-4-5-17(11)7-9(13-2)15-10/h4-5,7,13H,3,6,8H2,1-2H3,(H,15,16). The zero-order valence-corrected chi connectivity index (χ0v) is 12.2. The molecule has 7 nitrogen and oxygen atoms in total. The maximum Gasteiger partial charge on any atom is 0.180 e. The molecule has 8 heteroatoms. The van der Waals surface area contributed by atoms with Gasteiger partial charge < -0.3 is 15.0 Å². The van der Waals surface area contributed by atoms with E-state index in [9.17, 15) is 8.42 Å². The Labute approximate surface area is 117 Å². The fourth-order valence-electron chi connectivity index (χ4n) is 2.53. The van der Waals surface area contributed by atoms with Crippen molar-refractivity contribution in [1.29, 1.82) is 0 Å². The lowest BCUT2D eigenvalue weighted by atomic mass is 10.0. The van der Waals surface area contributed by atoms with Gasteiger partial charge in [0, 0.05) is 19.4 Å². The van der Waals surface area contributed by atoms with Crippen molar-refractivity contribution in [2.75, 3.05) is 29.2 Å². The Morgan fingerprint density at radius 2 is 2.25 bits per heavy atom. The number of imidazole rings is 1. The van der Waals surface area contributed by atoms with Crippen molar-refractivity contribution in [2.45, 2.75) is 18.9 Å². The molecule has 0 aromatic carbocycles. The maximum atomic E-state index is 11.7. The lowest BCUT2D eigenvalue weighted by Gasteiger charge is -2.25. The van der Waals surface area contributed by atoms with Gasteiger partial charge in [-0.2, -0.15) is 0 Å². The third-order valence-electron chi connectivity index (χ3n) is 3.55. The minimum absolute atomic E-state index is 0.123. The van der Waals surface area contributed by atoms with Gasteiger partial charge in [-0.15, -0.1) is 0 Å². The van der Waals surface area contributed by atoms with Gasteiger partial charge in [-0.3, -0.25) is 0 Å². The first-order chi connectivity index (χ1) is 9.41. The molecule has 0 amide bonds. The summed E-state index contributed by atoms with van der Waals surface area (Å²) in [5.74, 6) is 1.63. The van der Waals surface area contributed by atoms with Gasteiger partial charge in [0.15, 0.2) is 21.3 Å². The molecule has 2 aromatic heterocycles. The molecule has 0 aliphatic carbocycles. The molecule has 20 heavy (non-hydrogen) atoms. The van der Waals surface area contributed by atoms with Crippen LogP contribution in [0, 0.1) is 0 Å². The minimum Gasteiger partial charge on any atom is -0.372 e. The number of fused-ring (bicyclic) bond motifs is 1. The Kier molecular flexibility index (Phi) is 2.86. The lowest BCUT2D eigenvalue weighted by Crippen LogP contribution is -2.36. The number of hydrogen-bond donors (Lipinski definition) is 2. The molecule has 1 atom stereocenters. The summed E-state index contributed by atoms with van der Waals surface area (Å²) in [6, 6.07) is 0. The number of rotatable bonds is 3. The Hall–Kier alpha value is -1.83. The van der Waals surface area contributed by atoms with Crippen LogP contribution in [0.2, 0.25) is 0 Å². The Morgan fingerprint density at radius 3 is 2.90 bits per heavy atom. The van der Waals surface area contributed by atoms with Crippen LogP contribution < -0.4 is 10.6 Å².